The molecular weight excluding hydrogens is 314 g/mol. The van der Waals surface area contributed by atoms with Gasteiger partial charge < -0.3 is 10.2 Å². The highest BCUT2D eigenvalue weighted by Crippen LogP contribution is 2.27. The van der Waals surface area contributed by atoms with Crippen LogP contribution < -0.4 is 10.2 Å². The average molecular weight is 331 g/mol. The average Bonchev–Trinajstić information content (AvgIpc) is 3.24. The Labute approximate surface area is 137 Å². The number of hydrogen-bond donors (Lipinski definition) is 1. The summed E-state index contributed by atoms with van der Waals surface area (Å²) in [6, 6.07) is 2.07. The summed E-state index contributed by atoms with van der Waals surface area (Å²) in [6.45, 7) is 4.91. The largest absolute Gasteiger partial charge is 0.364 e. The van der Waals surface area contributed by atoms with Crippen molar-refractivity contribution < 1.29 is 0 Å². The highest BCUT2D eigenvalue weighted by Gasteiger charge is 2.15. The first-order valence-corrected chi connectivity index (χ1v) is 9.20. The number of hydrogen-bond acceptors (Lipinski definition) is 7. The molecule has 22 heavy (non-hydrogen) atoms. The number of aromatic nitrogens is 3. The zero-order valence-corrected chi connectivity index (χ0v) is 14.0. The van der Waals surface area contributed by atoms with Gasteiger partial charge in [-0.15, -0.1) is 22.7 Å². The summed E-state index contributed by atoms with van der Waals surface area (Å²) < 4.78 is 0. The van der Waals surface area contributed by atoms with Gasteiger partial charge in [0, 0.05) is 18.5 Å². The van der Waals surface area contributed by atoms with Gasteiger partial charge in [0.05, 0.1) is 17.6 Å². The molecule has 1 saturated heterocycles. The summed E-state index contributed by atoms with van der Waals surface area (Å²) in [5.74, 6) is 1.70. The van der Waals surface area contributed by atoms with Gasteiger partial charge >= 0.3 is 0 Å². The summed E-state index contributed by atoms with van der Waals surface area (Å²) in [7, 11) is 0. The molecule has 7 heteroatoms. The van der Waals surface area contributed by atoms with E-state index >= 15 is 0 Å². The topological polar surface area (TPSA) is 53.9 Å². The van der Waals surface area contributed by atoms with Crippen molar-refractivity contribution in [1.29, 1.82) is 0 Å². The molecule has 4 heterocycles. The van der Waals surface area contributed by atoms with Gasteiger partial charge in [-0.3, -0.25) is 0 Å². The zero-order chi connectivity index (χ0) is 14.9. The van der Waals surface area contributed by atoms with Crippen LogP contribution in [0.2, 0.25) is 0 Å². The second kappa shape index (κ2) is 5.81. The van der Waals surface area contributed by atoms with E-state index in [4.69, 9.17) is 4.98 Å². The van der Waals surface area contributed by atoms with Crippen molar-refractivity contribution in [1.82, 2.24) is 15.0 Å². The molecule has 4 rings (SSSR count). The fraction of sp³-hybridized carbons (Fsp3) is 0.400. The molecule has 3 aromatic heterocycles. The number of fused-ring (bicyclic) bond motifs is 1. The third-order valence-corrected chi connectivity index (χ3v) is 5.55. The van der Waals surface area contributed by atoms with E-state index in [2.05, 4.69) is 37.0 Å². The van der Waals surface area contributed by atoms with E-state index in [-0.39, 0.29) is 0 Å². The smallest absolute Gasteiger partial charge is 0.185 e. The quantitative estimate of drug-likeness (QED) is 0.790. The number of aryl methyl sites for hydroxylation is 1. The Hall–Kier alpha value is -1.73. The minimum atomic E-state index is 0.700. The fourth-order valence-electron chi connectivity index (χ4n) is 2.70. The van der Waals surface area contributed by atoms with E-state index in [0.717, 1.165) is 45.8 Å². The number of thiophene rings is 1. The van der Waals surface area contributed by atoms with Crippen LogP contribution >= 0.6 is 22.7 Å². The van der Waals surface area contributed by atoms with Crippen LogP contribution in [0.3, 0.4) is 0 Å². The molecule has 0 amide bonds. The maximum absolute atomic E-state index is 4.74. The Kier molecular flexibility index (Phi) is 3.67. The van der Waals surface area contributed by atoms with Gasteiger partial charge in [0.1, 0.15) is 16.5 Å². The summed E-state index contributed by atoms with van der Waals surface area (Å²) in [6.07, 6.45) is 2.56. The van der Waals surface area contributed by atoms with Crippen LogP contribution in [0.4, 0.5) is 10.9 Å². The van der Waals surface area contributed by atoms with E-state index in [1.165, 1.54) is 12.8 Å². The molecule has 0 saturated carbocycles. The molecule has 0 radical (unpaired) electrons. The van der Waals surface area contributed by atoms with Crippen LogP contribution in [0.15, 0.2) is 16.8 Å². The molecule has 0 aliphatic carbocycles. The minimum Gasteiger partial charge on any atom is -0.364 e. The summed E-state index contributed by atoms with van der Waals surface area (Å²) >= 11 is 3.38. The Balaban J connectivity index is 1.50. The van der Waals surface area contributed by atoms with Gasteiger partial charge in [0.15, 0.2) is 5.13 Å². The molecule has 0 bridgehead atoms. The third-order valence-electron chi connectivity index (χ3n) is 3.79. The number of anilines is 2. The molecule has 5 nitrogen and oxygen atoms in total. The van der Waals surface area contributed by atoms with Gasteiger partial charge in [0.2, 0.25) is 0 Å². The minimum absolute atomic E-state index is 0.700. The Bertz CT molecular complexity index is 788. The van der Waals surface area contributed by atoms with Crippen LogP contribution in [-0.2, 0) is 6.54 Å². The Morgan fingerprint density at radius 1 is 1.18 bits per heavy atom. The number of thiazole rings is 1. The fourth-order valence-corrected chi connectivity index (χ4v) is 4.39. The molecule has 0 spiro atoms. The highest BCUT2D eigenvalue weighted by molar-refractivity contribution is 7.16. The first kappa shape index (κ1) is 13.9. The van der Waals surface area contributed by atoms with Crippen LogP contribution in [0.5, 0.6) is 0 Å². The second-order valence-electron chi connectivity index (χ2n) is 5.43. The van der Waals surface area contributed by atoms with E-state index in [1.807, 2.05) is 6.92 Å². The van der Waals surface area contributed by atoms with E-state index in [0.29, 0.717) is 6.54 Å². The zero-order valence-electron chi connectivity index (χ0n) is 12.4. The molecule has 0 atom stereocenters. The van der Waals surface area contributed by atoms with Gasteiger partial charge in [0.25, 0.3) is 0 Å². The van der Waals surface area contributed by atoms with Crippen molar-refractivity contribution in [3.8, 4) is 0 Å². The van der Waals surface area contributed by atoms with Crippen molar-refractivity contribution in [2.24, 2.45) is 0 Å². The van der Waals surface area contributed by atoms with Gasteiger partial charge in [-0.2, -0.15) is 0 Å². The normalized spacial score (nSPS) is 14.9. The number of nitrogens with one attached hydrogen (secondary N) is 1. The molecule has 3 aromatic rings. The van der Waals surface area contributed by atoms with Crippen LogP contribution in [0.1, 0.15) is 24.4 Å². The van der Waals surface area contributed by atoms with Crippen LogP contribution in [-0.4, -0.2) is 28.0 Å². The lowest BCUT2D eigenvalue weighted by Crippen LogP contribution is -2.17. The van der Waals surface area contributed by atoms with Crippen molar-refractivity contribution in [2.45, 2.75) is 26.3 Å². The van der Waals surface area contributed by atoms with Crippen molar-refractivity contribution in [3.63, 3.8) is 0 Å². The van der Waals surface area contributed by atoms with Crippen molar-refractivity contribution in [2.75, 3.05) is 23.3 Å². The molecule has 1 aliphatic heterocycles. The van der Waals surface area contributed by atoms with E-state index in [1.54, 1.807) is 22.7 Å². The standard InChI is InChI=1S/C15H17N5S2/c1-10-17-13(12-4-7-21-14(12)18-10)16-8-11-9-22-15(19-11)20-5-2-3-6-20/h4,7,9H,2-3,5-6,8H2,1H3,(H,16,17,18). The predicted molar refractivity (Wildman–Crippen MR) is 93.0 cm³/mol. The Morgan fingerprint density at radius 3 is 2.91 bits per heavy atom. The van der Waals surface area contributed by atoms with Crippen molar-refractivity contribution >= 4 is 43.8 Å². The summed E-state index contributed by atoms with van der Waals surface area (Å²) in [5, 5.41) is 9.84. The first-order valence-electron chi connectivity index (χ1n) is 7.45. The van der Waals surface area contributed by atoms with Crippen LogP contribution in [0, 0.1) is 6.92 Å². The third kappa shape index (κ3) is 2.66. The van der Waals surface area contributed by atoms with Gasteiger partial charge in [-0.25, -0.2) is 15.0 Å². The monoisotopic (exact) mass is 331 g/mol. The maximum atomic E-state index is 4.74. The lowest BCUT2D eigenvalue weighted by atomic mass is 10.3. The first-order chi connectivity index (χ1) is 10.8. The molecular formula is C15H17N5S2. The SMILES string of the molecule is Cc1nc(NCc2csc(N3CCCC3)n2)c2ccsc2n1. The number of rotatable bonds is 4. The van der Waals surface area contributed by atoms with Crippen LogP contribution in [0.25, 0.3) is 10.2 Å². The molecule has 1 aliphatic rings. The molecule has 1 N–H and O–H groups in total. The molecule has 1 fully saturated rings. The van der Waals surface area contributed by atoms with Crippen molar-refractivity contribution in [3.05, 3.63) is 28.3 Å². The highest BCUT2D eigenvalue weighted by atomic mass is 32.1. The lowest BCUT2D eigenvalue weighted by Gasteiger charge is -2.12. The van der Waals surface area contributed by atoms with Gasteiger partial charge in [-0.05, 0) is 31.2 Å². The second-order valence-corrected chi connectivity index (χ2v) is 7.16. The maximum Gasteiger partial charge on any atom is 0.185 e. The Morgan fingerprint density at radius 2 is 2.05 bits per heavy atom. The van der Waals surface area contributed by atoms with E-state index in [9.17, 15) is 0 Å². The molecule has 114 valence electrons. The van der Waals surface area contributed by atoms with Gasteiger partial charge in [-0.1, -0.05) is 0 Å². The van der Waals surface area contributed by atoms with E-state index < -0.39 is 0 Å². The lowest BCUT2D eigenvalue weighted by molar-refractivity contribution is 0.940. The number of nitrogens with zero attached hydrogens (tertiary/aromatic N) is 4. The molecule has 0 unspecified atom stereocenters. The molecule has 0 aromatic carbocycles. The summed E-state index contributed by atoms with van der Waals surface area (Å²) in [5.41, 5.74) is 1.08. The summed E-state index contributed by atoms with van der Waals surface area (Å²) in [4.78, 5) is 17.1. The predicted octanol–water partition coefficient (Wildman–Crippen LogP) is 3.67.